The van der Waals surface area contributed by atoms with Crippen LogP contribution in [-0.2, 0) is 9.59 Å². The number of non-ortho nitro benzene ring substituents is 1. The average molecular weight is 453 g/mol. The lowest BCUT2D eigenvalue weighted by molar-refractivity contribution is -0.384. The molecule has 9 heteroatoms. The van der Waals surface area contributed by atoms with Crippen molar-refractivity contribution in [2.45, 2.75) is 19.9 Å². The first-order valence-corrected chi connectivity index (χ1v) is 10.7. The smallest absolute Gasteiger partial charge is 0.295 e. The molecular weight excluding hydrogens is 426 g/mol. The molecule has 1 aliphatic heterocycles. The van der Waals surface area contributed by atoms with E-state index in [-0.39, 0.29) is 23.6 Å². The number of aliphatic hydroxyl groups is 1. The van der Waals surface area contributed by atoms with Crippen LogP contribution in [0.2, 0.25) is 0 Å². The van der Waals surface area contributed by atoms with Crippen molar-refractivity contribution in [2.24, 2.45) is 0 Å². The van der Waals surface area contributed by atoms with Gasteiger partial charge in [0, 0.05) is 30.8 Å². The van der Waals surface area contributed by atoms with Gasteiger partial charge in [-0.1, -0.05) is 26.0 Å². The third-order valence-corrected chi connectivity index (χ3v) is 5.85. The molecular formula is C24H27N3O6. The second-order valence-corrected chi connectivity index (χ2v) is 7.60. The zero-order chi connectivity index (χ0) is 24.1. The first kappa shape index (κ1) is 23.9. The lowest BCUT2D eigenvalue weighted by Gasteiger charge is -2.28. The van der Waals surface area contributed by atoms with Crippen molar-refractivity contribution in [2.75, 3.05) is 33.3 Å². The van der Waals surface area contributed by atoms with E-state index >= 15 is 0 Å². The number of benzene rings is 2. The van der Waals surface area contributed by atoms with E-state index in [4.69, 9.17) is 4.74 Å². The second-order valence-electron chi connectivity index (χ2n) is 7.60. The Morgan fingerprint density at radius 2 is 1.82 bits per heavy atom. The maximum Gasteiger partial charge on any atom is 0.295 e. The number of Topliss-reactive ketones (excluding diaryl/α,β-unsaturated/α-hetero) is 1. The van der Waals surface area contributed by atoms with Gasteiger partial charge in [0.2, 0.25) is 0 Å². The van der Waals surface area contributed by atoms with Crippen molar-refractivity contribution in [1.29, 1.82) is 0 Å². The van der Waals surface area contributed by atoms with Crippen LogP contribution >= 0.6 is 0 Å². The van der Waals surface area contributed by atoms with Gasteiger partial charge in [-0.15, -0.1) is 0 Å². The summed E-state index contributed by atoms with van der Waals surface area (Å²) in [7, 11) is 1.51. The second kappa shape index (κ2) is 10.3. The van der Waals surface area contributed by atoms with E-state index in [1.807, 2.05) is 13.8 Å². The Morgan fingerprint density at radius 3 is 2.39 bits per heavy atom. The van der Waals surface area contributed by atoms with Crippen molar-refractivity contribution in [3.05, 3.63) is 75.3 Å². The van der Waals surface area contributed by atoms with Gasteiger partial charge in [-0.3, -0.25) is 19.7 Å². The molecule has 0 aliphatic carbocycles. The van der Waals surface area contributed by atoms with Gasteiger partial charge in [0.15, 0.2) is 0 Å². The minimum absolute atomic E-state index is 0.0924. The number of nitro benzene ring substituents is 1. The van der Waals surface area contributed by atoms with Crippen molar-refractivity contribution in [3.8, 4) is 5.75 Å². The Hall–Kier alpha value is -3.72. The number of nitrogens with zero attached hydrogens (tertiary/aromatic N) is 3. The van der Waals surface area contributed by atoms with Gasteiger partial charge in [-0.25, -0.2) is 0 Å². The first-order valence-electron chi connectivity index (χ1n) is 10.7. The van der Waals surface area contributed by atoms with Crippen molar-refractivity contribution >= 4 is 23.1 Å². The molecule has 0 bridgehead atoms. The predicted octanol–water partition coefficient (Wildman–Crippen LogP) is 3.37. The number of ketones is 1. The maximum absolute atomic E-state index is 13.1. The zero-order valence-corrected chi connectivity index (χ0v) is 18.9. The highest BCUT2D eigenvalue weighted by molar-refractivity contribution is 6.46. The summed E-state index contributed by atoms with van der Waals surface area (Å²) in [6.45, 7) is 6.30. The molecule has 2 aromatic carbocycles. The molecule has 9 nitrogen and oxygen atoms in total. The summed E-state index contributed by atoms with van der Waals surface area (Å²) in [6.07, 6.45) is 0. The molecule has 0 unspecified atom stereocenters. The van der Waals surface area contributed by atoms with Gasteiger partial charge < -0.3 is 19.6 Å². The third kappa shape index (κ3) is 4.88. The molecule has 0 aromatic heterocycles. The van der Waals surface area contributed by atoms with Crippen LogP contribution in [0, 0.1) is 10.1 Å². The van der Waals surface area contributed by atoms with E-state index in [9.17, 15) is 24.8 Å². The fourth-order valence-corrected chi connectivity index (χ4v) is 3.96. The number of amides is 1. The first-order chi connectivity index (χ1) is 15.8. The summed E-state index contributed by atoms with van der Waals surface area (Å²) >= 11 is 0. The molecule has 3 rings (SSSR count). The van der Waals surface area contributed by atoms with Gasteiger partial charge in [0.05, 0.1) is 23.6 Å². The summed E-state index contributed by atoms with van der Waals surface area (Å²) < 4.78 is 5.14. The SMILES string of the molecule is CCN(CC)CCN1C(=O)C(=O)C(=C(O)c2ccc(OC)cc2)[C@@H]1c1cccc([N+](=O)[O-])c1. The van der Waals surface area contributed by atoms with Gasteiger partial charge in [-0.2, -0.15) is 0 Å². The molecule has 0 radical (unpaired) electrons. The summed E-state index contributed by atoms with van der Waals surface area (Å²) in [6, 6.07) is 11.3. The van der Waals surface area contributed by atoms with Gasteiger partial charge in [0.1, 0.15) is 11.5 Å². The average Bonchev–Trinajstić information content (AvgIpc) is 3.09. The molecule has 174 valence electrons. The van der Waals surface area contributed by atoms with Gasteiger partial charge >= 0.3 is 0 Å². The molecule has 1 amide bonds. The Labute approximate surface area is 192 Å². The van der Waals surface area contributed by atoms with E-state index < -0.39 is 22.7 Å². The van der Waals surface area contributed by atoms with E-state index in [1.165, 1.54) is 30.2 Å². The number of aliphatic hydroxyl groups excluding tert-OH is 1. The molecule has 1 atom stereocenters. The number of carbonyl (C=O) groups excluding carboxylic acids is 2. The molecule has 1 heterocycles. The highest BCUT2D eigenvalue weighted by Crippen LogP contribution is 2.40. The minimum atomic E-state index is -0.942. The zero-order valence-electron chi connectivity index (χ0n) is 18.9. The van der Waals surface area contributed by atoms with Crippen molar-refractivity contribution in [1.82, 2.24) is 9.80 Å². The van der Waals surface area contributed by atoms with Crippen LogP contribution in [0.3, 0.4) is 0 Å². The van der Waals surface area contributed by atoms with Crippen LogP contribution < -0.4 is 4.74 Å². The Balaban J connectivity index is 2.13. The number of likely N-dealkylation sites (tertiary alicyclic amines) is 1. The number of nitro groups is 1. The fourth-order valence-electron chi connectivity index (χ4n) is 3.96. The van der Waals surface area contributed by atoms with Crippen LogP contribution in [0.15, 0.2) is 54.1 Å². The van der Waals surface area contributed by atoms with E-state index in [2.05, 4.69) is 4.90 Å². The van der Waals surface area contributed by atoms with Crippen LogP contribution in [0.5, 0.6) is 5.75 Å². The van der Waals surface area contributed by atoms with E-state index in [0.29, 0.717) is 23.4 Å². The predicted molar refractivity (Wildman–Crippen MR) is 123 cm³/mol. The summed E-state index contributed by atoms with van der Waals surface area (Å²) in [5, 5.41) is 22.4. The molecule has 33 heavy (non-hydrogen) atoms. The highest BCUT2D eigenvalue weighted by atomic mass is 16.6. The number of likely N-dealkylation sites (N-methyl/N-ethyl adjacent to an activating group) is 1. The number of carbonyl (C=O) groups is 2. The van der Waals surface area contributed by atoms with Crippen LogP contribution in [0.25, 0.3) is 5.76 Å². The standard InChI is InChI=1S/C24H27N3O6/c1-4-25(5-2)13-14-26-21(17-7-6-8-18(15-17)27(31)32)20(23(29)24(26)30)22(28)16-9-11-19(33-3)12-10-16/h6-12,15,21,28H,4-5,13-14H2,1-3H3/t21-/m0/s1. The van der Waals surface area contributed by atoms with E-state index in [1.54, 1.807) is 30.3 Å². The number of methoxy groups -OCH3 is 1. The monoisotopic (exact) mass is 453 g/mol. The lowest BCUT2D eigenvalue weighted by atomic mass is 9.95. The largest absolute Gasteiger partial charge is 0.507 e. The molecule has 1 N–H and O–H groups in total. The number of hydrogen-bond acceptors (Lipinski definition) is 7. The highest BCUT2D eigenvalue weighted by Gasteiger charge is 2.46. The van der Waals surface area contributed by atoms with Crippen molar-refractivity contribution < 1.29 is 24.4 Å². The Morgan fingerprint density at radius 1 is 1.15 bits per heavy atom. The van der Waals surface area contributed by atoms with E-state index in [0.717, 1.165) is 13.1 Å². The normalized spacial score (nSPS) is 17.6. The number of rotatable bonds is 9. The van der Waals surface area contributed by atoms with Crippen LogP contribution in [-0.4, -0.2) is 64.8 Å². The molecule has 1 saturated heterocycles. The van der Waals surface area contributed by atoms with Gasteiger partial charge in [0.25, 0.3) is 17.4 Å². The Bertz CT molecular complexity index is 1080. The fraction of sp³-hybridized carbons (Fsp3) is 0.333. The number of ether oxygens (including phenoxy) is 1. The molecule has 2 aromatic rings. The summed E-state index contributed by atoms with van der Waals surface area (Å²) in [5.41, 5.74) is 0.475. The lowest BCUT2D eigenvalue weighted by Crippen LogP contribution is -2.38. The quantitative estimate of drug-likeness (QED) is 0.204. The molecule has 1 fully saturated rings. The maximum atomic E-state index is 13.1. The van der Waals surface area contributed by atoms with Crippen LogP contribution in [0.4, 0.5) is 5.69 Å². The topological polar surface area (TPSA) is 113 Å². The molecule has 1 aliphatic rings. The summed E-state index contributed by atoms with van der Waals surface area (Å²) in [5.74, 6) is -1.33. The summed E-state index contributed by atoms with van der Waals surface area (Å²) in [4.78, 5) is 40.4. The van der Waals surface area contributed by atoms with Crippen molar-refractivity contribution in [3.63, 3.8) is 0 Å². The minimum Gasteiger partial charge on any atom is -0.507 e. The molecule has 0 spiro atoms. The Kier molecular flexibility index (Phi) is 7.44. The van der Waals surface area contributed by atoms with Gasteiger partial charge in [-0.05, 0) is 42.9 Å². The molecule has 0 saturated carbocycles. The third-order valence-electron chi connectivity index (χ3n) is 5.85. The number of hydrogen-bond donors (Lipinski definition) is 1. The van der Waals surface area contributed by atoms with Crippen LogP contribution in [0.1, 0.15) is 31.0 Å².